The third-order valence-electron chi connectivity index (χ3n) is 4.01. The average Bonchev–Trinajstić information content (AvgIpc) is 3.07. The van der Waals surface area contributed by atoms with E-state index in [4.69, 9.17) is 0 Å². The van der Waals surface area contributed by atoms with Gasteiger partial charge in [-0.3, -0.25) is 9.89 Å². The molecular formula is C17H17N5O. The quantitative estimate of drug-likeness (QED) is 0.677. The lowest BCUT2D eigenvalue weighted by atomic mass is 10.1. The van der Waals surface area contributed by atoms with Crippen molar-refractivity contribution in [2.75, 3.05) is 5.32 Å². The SMILES string of the molecule is O=C(Cc1ccc(-c2cnc[nH]2)cc1)Nc1cc(C2CC2)[nH]n1. The number of nitrogens with zero attached hydrogens (tertiary/aromatic N) is 2. The number of aromatic nitrogens is 4. The van der Waals surface area contributed by atoms with Gasteiger partial charge < -0.3 is 10.3 Å². The van der Waals surface area contributed by atoms with E-state index in [9.17, 15) is 4.79 Å². The molecule has 1 fully saturated rings. The maximum absolute atomic E-state index is 12.1. The number of carbonyl (C=O) groups excluding carboxylic acids is 1. The van der Waals surface area contributed by atoms with Gasteiger partial charge in [0.15, 0.2) is 5.82 Å². The van der Waals surface area contributed by atoms with Crippen molar-refractivity contribution in [3.8, 4) is 11.3 Å². The molecule has 0 unspecified atom stereocenters. The number of imidazole rings is 1. The van der Waals surface area contributed by atoms with E-state index in [1.807, 2.05) is 30.3 Å². The molecule has 3 N–H and O–H groups in total. The van der Waals surface area contributed by atoms with Crippen LogP contribution in [0.3, 0.4) is 0 Å². The summed E-state index contributed by atoms with van der Waals surface area (Å²) in [4.78, 5) is 19.2. The van der Waals surface area contributed by atoms with Gasteiger partial charge in [0.05, 0.1) is 24.6 Å². The summed E-state index contributed by atoms with van der Waals surface area (Å²) in [6, 6.07) is 9.80. The Hall–Kier alpha value is -2.89. The first-order chi connectivity index (χ1) is 11.3. The fourth-order valence-electron chi connectivity index (χ4n) is 2.59. The van der Waals surface area contributed by atoms with Gasteiger partial charge in [-0.15, -0.1) is 0 Å². The van der Waals surface area contributed by atoms with Gasteiger partial charge in [-0.2, -0.15) is 5.10 Å². The van der Waals surface area contributed by atoms with Crippen LogP contribution in [-0.2, 0) is 11.2 Å². The third kappa shape index (κ3) is 3.15. The van der Waals surface area contributed by atoms with E-state index >= 15 is 0 Å². The van der Waals surface area contributed by atoms with E-state index in [1.54, 1.807) is 12.5 Å². The van der Waals surface area contributed by atoms with Gasteiger partial charge in [-0.1, -0.05) is 24.3 Å². The number of nitrogens with one attached hydrogen (secondary N) is 3. The molecule has 116 valence electrons. The molecule has 6 nitrogen and oxygen atoms in total. The summed E-state index contributed by atoms with van der Waals surface area (Å²) in [5, 5.41) is 9.96. The Bertz CT molecular complexity index is 800. The Morgan fingerprint density at radius 3 is 2.78 bits per heavy atom. The molecule has 0 bridgehead atoms. The summed E-state index contributed by atoms with van der Waals surface area (Å²) in [5.41, 5.74) is 4.09. The molecule has 0 spiro atoms. The minimum Gasteiger partial charge on any atom is -0.345 e. The van der Waals surface area contributed by atoms with Crippen LogP contribution in [0.15, 0.2) is 42.9 Å². The summed E-state index contributed by atoms with van der Waals surface area (Å²) in [5.74, 6) is 1.14. The maximum Gasteiger partial charge on any atom is 0.229 e. The summed E-state index contributed by atoms with van der Waals surface area (Å²) in [6.45, 7) is 0. The van der Waals surface area contributed by atoms with E-state index in [2.05, 4.69) is 25.5 Å². The normalized spacial score (nSPS) is 13.9. The highest BCUT2D eigenvalue weighted by atomic mass is 16.1. The first-order valence-electron chi connectivity index (χ1n) is 7.71. The van der Waals surface area contributed by atoms with Gasteiger partial charge in [-0.25, -0.2) is 4.98 Å². The topological polar surface area (TPSA) is 86.5 Å². The Labute approximate surface area is 133 Å². The number of H-pyrrole nitrogens is 2. The van der Waals surface area contributed by atoms with E-state index in [0.717, 1.165) is 22.5 Å². The molecule has 3 aromatic rings. The Balaban J connectivity index is 1.37. The van der Waals surface area contributed by atoms with Crippen molar-refractivity contribution < 1.29 is 4.79 Å². The molecule has 1 aliphatic carbocycles. The van der Waals surface area contributed by atoms with Crippen molar-refractivity contribution in [1.29, 1.82) is 0 Å². The van der Waals surface area contributed by atoms with Gasteiger partial charge in [0.2, 0.25) is 5.91 Å². The fraction of sp³-hybridized carbons (Fsp3) is 0.235. The lowest BCUT2D eigenvalue weighted by molar-refractivity contribution is -0.115. The van der Waals surface area contributed by atoms with Crippen LogP contribution in [0, 0.1) is 0 Å². The second-order valence-corrected chi connectivity index (χ2v) is 5.87. The molecule has 4 rings (SSSR count). The molecule has 0 aliphatic heterocycles. The van der Waals surface area contributed by atoms with Crippen LogP contribution in [-0.4, -0.2) is 26.1 Å². The van der Waals surface area contributed by atoms with Crippen LogP contribution in [0.1, 0.15) is 30.0 Å². The Morgan fingerprint density at radius 1 is 1.26 bits per heavy atom. The van der Waals surface area contributed by atoms with E-state index < -0.39 is 0 Å². The second-order valence-electron chi connectivity index (χ2n) is 5.87. The van der Waals surface area contributed by atoms with Crippen LogP contribution >= 0.6 is 0 Å². The predicted molar refractivity (Wildman–Crippen MR) is 86.9 cm³/mol. The fourth-order valence-corrected chi connectivity index (χ4v) is 2.59. The number of aromatic amines is 2. The largest absolute Gasteiger partial charge is 0.345 e. The van der Waals surface area contributed by atoms with Crippen LogP contribution in [0.25, 0.3) is 11.3 Å². The first-order valence-corrected chi connectivity index (χ1v) is 7.71. The third-order valence-corrected chi connectivity index (χ3v) is 4.01. The number of rotatable bonds is 5. The summed E-state index contributed by atoms with van der Waals surface area (Å²) in [7, 11) is 0. The Morgan fingerprint density at radius 2 is 2.09 bits per heavy atom. The molecule has 1 aromatic carbocycles. The number of carbonyl (C=O) groups is 1. The number of amides is 1. The average molecular weight is 307 g/mol. The maximum atomic E-state index is 12.1. The summed E-state index contributed by atoms with van der Waals surface area (Å²) < 4.78 is 0. The zero-order chi connectivity index (χ0) is 15.6. The molecule has 1 saturated carbocycles. The molecule has 0 saturated heterocycles. The van der Waals surface area contributed by atoms with Crippen molar-refractivity contribution in [3.05, 3.63) is 54.1 Å². The van der Waals surface area contributed by atoms with Gasteiger partial charge in [0.25, 0.3) is 0 Å². The molecule has 23 heavy (non-hydrogen) atoms. The zero-order valence-electron chi connectivity index (χ0n) is 12.5. The van der Waals surface area contributed by atoms with Crippen molar-refractivity contribution in [2.24, 2.45) is 0 Å². The highest BCUT2D eigenvalue weighted by Crippen LogP contribution is 2.39. The van der Waals surface area contributed by atoms with Crippen molar-refractivity contribution >= 4 is 11.7 Å². The molecule has 2 heterocycles. The monoisotopic (exact) mass is 307 g/mol. The molecule has 6 heteroatoms. The number of hydrogen-bond donors (Lipinski definition) is 3. The molecule has 0 radical (unpaired) electrons. The van der Waals surface area contributed by atoms with Crippen molar-refractivity contribution in [3.63, 3.8) is 0 Å². The lowest BCUT2D eigenvalue weighted by Gasteiger charge is -2.03. The van der Waals surface area contributed by atoms with Crippen LogP contribution in [0.4, 0.5) is 5.82 Å². The minimum atomic E-state index is -0.0619. The van der Waals surface area contributed by atoms with Crippen LogP contribution in [0.2, 0.25) is 0 Å². The van der Waals surface area contributed by atoms with E-state index in [1.165, 1.54) is 12.8 Å². The van der Waals surface area contributed by atoms with E-state index in [0.29, 0.717) is 18.2 Å². The smallest absolute Gasteiger partial charge is 0.229 e. The van der Waals surface area contributed by atoms with Crippen molar-refractivity contribution in [2.45, 2.75) is 25.2 Å². The zero-order valence-corrected chi connectivity index (χ0v) is 12.5. The molecular weight excluding hydrogens is 290 g/mol. The summed E-state index contributed by atoms with van der Waals surface area (Å²) >= 11 is 0. The second kappa shape index (κ2) is 5.72. The van der Waals surface area contributed by atoms with E-state index in [-0.39, 0.29) is 5.91 Å². The number of benzene rings is 1. The van der Waals surface area contributed by atoms with Gasteiger partial charge >= 0.3 is 0 Å². The lowest BCUT2D eigenvalue weighted by Crippen LogP contribution is -2.14. The highest BCUT2D eigenvalue weighted by molar-refractivity contribution is 5.91. The van der Waals surface area contributed by atoms with Crippen molar-refractivity contribution in [1.82, 2.24) is 20.2 Å². The van der Waals surface area contributed by atoms with Gasteiger partial charge in [0.1, 0.15) is 0 Å². The van der Waals surface area contributed by atoms with Gasteiger partial charge in [-0.05, 0) is 24.0 Å². The predicted octanol–water partition coefficient (Wildman–Crippen LogP) is 2.86. The Kier molecular flexibility index (Phi) is 3.42. The molecule has 1 aliphatic rings. The molecule has 0 atom stereocenters. The molecule has 2 aromatic heterocycles. The minimum absolute atomic E-state index is 0.0619. The van der Waals surface area contributed by atoms with Gasteiger partial charge in [0, 0.05) is 17.7 Å². The molecule has 1 amide bonds. The standard InChI is InChI=1S/C17H17N5O/c23-17(20-16-8-14(21-22-16)12-5-6-12)7-11-1-3-13(4-2-11)15-9-18-10-19-15/h1-4,8-10,12H,5-7H2,(H,18,19)(H2,20,21,22,23). The number of hydrogen-bond acceptors (Lipinski definition) is 3. The first kappa shape index (κ1) is 13.8. The van der Waals surface area contributed by atoms with Crippen LogP contribution < -0.4 is 5.32 Å². The van der Waals surface area contributed by atoms with Crippen LogP contribution in [0.5, 0.6) is 0 Å². The summed E-state index contributed by atoms with van der Waals surface area (Å²) in [6.07, 6.45) is 6.17. The number of anilines is 1. The highest BCUT2D eigenvalue weighted by Gasteiger charge is 2.25.